The Hall–Kier alpha value is -1.68. The van der Waals surface area contributed by atoms with E-state index in [0.717, 1.165) is 0 Å². The normalized spacial score (nSPS) is 10.5. The third-order valence-corrected chi connectivity index (χ3v) is 2.60. The maximum Gasteiger partial charge on any atom is 0.129 e. The summed E-state index contributed by atoms with van der Waals surface area (Å²) in [6.45, 7) is 0. The van der Waals surface area contributed by atoms with Crippen LogP contribution in [0.5, 0.6) is 0 Å². The number of hydrogen-bond acceptors (Lipinski definition) is 2. The van der Waals surface area contributed by atoms with Crippen LogP contribution in [-0.2, 0) is 6.42 Å². The molecule has 1 aromatic heterocycles. The van der Waals surface area contributed by atoms with Gasteiger partial charge in [0.1, 0.15) is 17.5 Å². The van der Waals surface area contributed by atoms with Crippen molar-refractivity contribution >= 4 is 17.4 Å². The molecule has 88 valence electrons. The highest BCUT2D eigenvalue weighted by atomic mass is 35.5. The second kappa shape index (κ2) is 4.67. The van der Waals surface area contributed by atoms with Gasteiger partial charge in [0.25, 0.3) is 0 Å². The number of hydrogen-bond donors (Lipinski definition) is 1. The summed E-state index contributed by atoms with van der Waals surface area (Å²) in [4.78, 5) is 3.84. The molecule has 2 N–H and O–H groups in total. The van der Waals surface area contributed by atoms with Crippen molar-refractivity contribution < 1.29 is 8.78 Å². The Morgan fingerprint density at radius 1 is 1.24 bits per heavy atom. The van der Waals surface area contributed by atoms with E-state index in [1.165, 1.54) is 24.4 Å². The second-order valence-corrected chi connectivity index (χ2v) is 4.01. The zero-order valence-electron chi connectivity index (χ0n) is 8.75. The average Bonchev–Trinajstić information content (AvgIpc) is 2.28. The van der Waals surface area contributed by atoms with Gasteiger partial charge >= 0.3 is 0 Å². The lowest BCUT2D eigenvalue weighted by atomic mass is 10.0. The Morgan fingerprint density at radius 2 is 1.88 bits per heavy atom. The minimum atomic E-state index is -0.607. The highest BCUT2D eigenvalue weighted by molar-refractivity contribution is 6.30. The first-order chi connectivity index (χ1) is 8.08. The maximum atomic E-state index is 13.4. The number of anilines is 1. The Morgan fingerprint density at radius 3 is 2.53 bits per heavy atom. The molecule has 1 heterocycles. The van der Waals surface area contributed by atoms with Crippen molar-refractivity contribution in [2.24, 2.45) is 0 Å². The molecule has 0 unspecified atom stereocenters. The molecule has 0 spiro atoms. The molecule has 0 saturated heterocycles. The molecule has 2 nitrogen and oxygen atoms in total. The van der Waals surface area contributed by atoms with Crippen molar-refractivity contribution in [1.29, 1.82) is 0 Å². The number of aromatic nitrogens is 1. The second-order valence-electron chi connectivity index (χ2n) is 3.57. The predicted octanol–water partition coefficient (Wildman–Crippen LogP) is 3.19. The molecule has 5 heteroatoms. The van der Waals surface area contributed by atoms with Gasteiger partial charge in [-0.2, -0.15) is 0 Å². The van der Waals surface area contributed by atoms with Gasteiger partial charge in [-0.1, -0.05) is 17.7 Å². The van der Waals surface area contributed by atoms with Crippen molar-refractivity contribution in [3.63, 3.8) is 0 Å². The fraction of sp³-hybridized carbons (Fsp3) is 0.0833. The van der Waals surface area contributed by atoms with Crippen molar-refractivity contribution in [2.75, 3.05) is 5.73 Å². The van der Waals surface area contributed by atoms with E-state index >= 15 is 0 Å². The standard InChI is InChI=1S/C12H9ClF2N2/c13-8-4-7(12(16)17-6-8)5-9-10(14)2-1-3-11(9)15/h1-4,6H,5H2,(H2,16,17). The molecule has 0 atom stereocenters. The molecule has 0 amide bonds. The largest absolute Gasteiger partial charge is 0.383 e. The van der Waals surface area contributed by atoms with Crippen LogP contribution in [0.25, 0.3) is 0 Å². The predicted molar refractivity (Wildman–Crippen MR) is 62.8 cm³/mol. The van der Waals surface area contributed by atoms with Crippen molar-refractivity contribution in [1.82, 2.24) is 4.98 Å². The summed E-state index contributed by atoms with van der Waals surface area (Å²) in [6, 6.07) is 5.27. The van der Waals surface area contributed by atoms with Crippen LogP contribution in [0.3, 0.4) is 0 Å². The third-order valence-electron chi connectivity index (χ3n) is 2.40. The number of pyridine rings is 1. The van der Waals surface area contributed by atoms with Crippen LogP contribution in [0.15, 0.2) is 30.5 Å². The summed E-state index contributed by atoms with van der Waals surface area (Å²) >= 11 is 5.76. The lowest BCUT2D eigenvalue weighted by Crippen LogP contribution is -2.02. The van der Waals surface area contributed by atoms with Crippen LogP contribution in [-0.4, -0.2) is 4.98 Å². The number of halogens is 3. The van der Waals surface area contributed by atoms with Gasteiger partial charge in [-0.3, -0.25) is 0 Å². The minimum absolute atomic E-state index is 0.0257. The first-order valence-electron chi connectivity index (χ1n) is 4.90. The van der Waals surface area contributed by atoms with Gasteiger partial charge in [0.2, 0.25) is 0 Å². The summed E-state index contributed by atoms with van der Waals surface area (Å²) in [5.41, 5.74) is 6.09. The monoisotopic (exact) mass is 254 g/mol. The summed E-state index contributed by atoms with van der Waals surface area (Å²) in [5, 5.41) is 0.381. The first kappa shape index (κ1) is 11.8. The Labute approximate surface area is 102 Å². The zero-order chi connectivity index (χ0) is 12.4. The van der Waals surface area contributed by atoms with Crippen LogP contribution in [0.1, 0.15) is 11.1 Å². The summed E-state index contributed by atoms with van der Waals surface area (Å²) in [6.07, 6.45) is 1.41. The van der Waals surface area contributed by atoms with E-state index in [9.17, 15) is 8.78 Å². The molecule has 2 rings (SSSR count). The van der Waals surface area contributed by atoms with Gasteiger partial charge in [-0.15, -0.1) is 0 Å². The number of benzene rings is 1. The molecule has 1 aromatic carbocycles. The van der Waals surface area contributed by atoms with Crippen LogP contribution < -0.4 is 5.73 Å². The lowest BCUT2D eigenvalue weighted by molar-refractivity contribution is 0.561. The molecule has 0 aliphatic carbocycles. The van der Waals surface area contributed by atoms with Gasteiger partial charge in [-0.25, -0.2) is 13.8 Å². The van der Waals surface area contributed by atoms with Crippen LogP contribution in [0, 0.1) is 11.6 Å². The molecular formula is C12H9ClF2N2. The maximum absolute atomic E-state index is 13.4. The van der Waals surface area contributed by atoms with Gasteiger partial charge in [-0.05, 0) is 18.2 Å². The first-order valence-corrected chi connectivity index (χ1v) is 5.28. The molecule has 0 aliphatic heterocycles. The highest BCUT2D eigenvalue weighted by Crippen LogP contribution is 2.21. The van der Waals surface area contributed by atoms with Gasteiger partial charge in [0.15, 0.2) is 0 Å². The summed E-state index contributed by atoms with van der Waals surface area (Å²) < 4.78 is 26.9. The van der Waals surface area contributed by atoms with Gasteiger partial charge in [0.05, 0.1) is 5.02 Å². The van der Waals surface area contributed by atoms with Crippen molar-refractivity contribution in [3.05, 3.63) is 58.2 Å². The molecule has 0 bridgehead atoms. The smallest absolute Gasteiger partial charge is 0.129 e. The minimum Gasteiger partial charge on any atom is -0.383 e. The van der Waals surface area contributed by atoms with Gasteiger partial charge in [0, 0.05) is 23.7 Å². The van der Waals surface area contributed by atoms with Gasteiger partial charge < -0.3 is 5.73 Å². The molecule has 0 saturated carbocycles. The van der Waals surface area contributed by atoms with E-state index in [1.54, 1.807) is 6.07 Å². The van der Waals surface area contributed by atoms with Crippen LogP contribution >= 0.6 is 11.6 Å². The van der Waals surface area contributed by atoms with E-state index < -0.39 is 11.6 Å². The van der Waals surface area contributed by atoms with Crippen molar-refractivity contribution in [2.45, 2.75) is 6.42 Å². The van der Waals surface area contributed by atoms with Crippen LogP contribution in [0.2, 0.25) is 5.02 Å². The number of nitrogen functional groups attached to an aromatic ring is 1. The third kappa shape index (κ3) is 2.53. The topological polar surface area (TPSA) is 38.9 Å². The molecule has 0 radical (unpaired) electrons. The fourth-order valence-electron chi connectivity index (χ4n) is 1.53. The molecule has 0 aliphatic rings. The van der Waals surface area contributed by atoms with Crippen molar-refractivity contribution in [3.8, 4) is 0 Å². The Balaban J connectivity index is 2.41. The number of nitrogens with zero attached hydrogens (tertiary/aromatic N) is 1. The van der Waals surface area contributed by atoms with E-state index in [-0.39, 0.29) is 17.8 Å². The zero-order valence-corrected chi connectivity index (χ0v) is 9.51. The highest BCUT2D eigenvalue weighted by Gasteiger charge is 2.11. The molecule has 2 aromatic rings. The quantitative estimate of drug-likeness (QED) is 0.894. The SMILES string of the molecule is Nc1ncc(Cl)cc1Cc1c(F)cccc1F. The average molecular weight is 255 g/mol. The summed E-state index contributed by atoms with van der Waals surface area (Å²) in [7, 11) is 0. The Kier molecular flexibility index (Phi) is 3.24. The van der Waals surface area contributed by atoms with E-state index in [2.05, 4.69) is 4.98 Å². The Bertz CT molecular complexity index is 538. The van der Waals surface area contributed by atoms with E-state index in [1.807, 2.05) is 0 Å². The molecular weight excluding hydrogens is 246 g/mol. The molecule has 0 fully saturated rings. The molecule has 17 heavy (non-hydrogen) atoms. The summed E-state index contributed by atoms with van der Waals surface area (Å²) in [5.74, 6) is -0.995. The lowest BCUT2D eigenvalue weighted by Gasteiger charge is -2.07. The number of nitrogens with two attached hydrogens (primary N) is 1. The van der Waals surface area contributed by atoms with E-state index in [4.69, 9.17) is 17.3 Å². The number of rotatable bonds is 2. The van der Waals surface area contributed by atoms with E-state index in [0.29, 0.717) is 10.6 Å². The van der Waals surface area contributed by atoms with Crippen LogP contribution in [0.4, 0.5) is 14.6 Å². The fourth-order valence-corrected chi connectivity index (χ4v) is 1.71.